The zero-order valence-electron chi connectivity index (χ0n) is 11.6. The fourth-order valence-corrected chi connectivity index (χ4v) is 2.52. The molecule has 18 heavy (non-hydrogen) atoms. The fraction of sp³-hybridized carbons (Fsp3) is 0.786. The SMILES string of the molecule is CCCn1cc(C2(O)CCOC(C(C)C)C2)cn1. The number of aliphatic hydroxyl groups is 1. The van der Waals surface area contributed by atoms with Gasteiger partial charge in [0.25, 0.3) is 0 Å². The van der Waals surface area contributed by atoms with Crippen LogP contribution in [0.1, 0.15) is 45.6 Å². The summed E-state index contributed by atoms with van der Waals surface area (Å²) in [7, 11) is 0. The van der Waals surface area contributed by atoms with Crippen molar-refractivity contribution in [1.82, 2.24) is 9.78 Å². The highest BCUT2D eigenvalue weighted by Crippen LogP contribution is 2.36. The molecule has 0 saturated carbocycles. The van der Waals surface area contributed by atoms with Crippen molar-refractivity contribution < 1.29 is 9.84 Å². The van der Waals surface area contributed by atoms with E-state index in [2.05, 4.69) is 25.9 Å². The Morgan fingerprint density at radius 2 is 2.39 bits per heavy atom. The largest absolute Gasteiger partial charge is 0.385 e. The Morgan fingerprint density at radius 3 is 3.06 bits per heavy atom. The van der Waals surface area contributed by atoms with Crippen LogP contribution in [0.4, 0.5) is 0 Å². The quantitative estimate of drug-likeness (QED) is 0.894. The summed E-state index contributed by atoms with van der Waals surface area (Å²) in [4.78, 5) is 0. The minimum absolute atomic E-state index is 0.137. The summed E-state index contributed by atoms with van der Waals surface area (Å²) >= 11 is 0. The van der Waals surface area contributed by atoms with E-state index in [4.69, 9.17) is 4.74 Å². The predicted molar refractivity (Wildman–Crippen MR) is 70.2 cm³/mol. The third kappa shape index (κ3) is 2.75. The van der Waals surface area contributed by atoms with E-state index in [1.165, 1.54) is 0 Å². The fourth-order valence-electron chi connectivity index (χ4n) is 2.52. The van der Waals surface area contributed by atoms with Gasteiger partial charge in [0.15, 0.2) is 0 Å². The molecule has 1 aromatic rings. The molecule has 1 N–H and O–H groups in total. The lowest BCUT2D eigenvalue weighted by Crippen LogP contribution is -2.40. The summed E-state index contributed by atoms with van der Waals surface area (Å²) in [6, 6.07) is 0. The first-order valence-corrected chi connectivity index (χ1v) is 6.92. The second-order valence-electron chi connectivity index (χ2n) is 5.63. The molecule has 2 atom stereocenters. The van der Waals surface area contributed by atoms with Crippen LogP contribution in [0, 0.1) is 5.92 Å². The predicted octanol–water partition coefficient (Wildman–Crippen LogP) is 2.32. The van der Waals surface area contributed by atoms with Gasteiger partial charge < -0.3 is 9.84 Å². The molecule has 2 heterocycles. The highest BCUT2D eigenvalue weighted by molar-refractivity contribution is 5.16. The summed E-state index contributed by atoms with van der Waals surface area (Å²) < 4.78 is 7.63. The van der Waals surface area contributed by atoms with Crippen LogP contribution in [0.25, 0.3) is 0 Å². The third-order valence-corrected chi connectivity index (χ3v) is 3.75. The number of aromatic nitrogens is 2. The van der Waals surface area contributed by atoms with Gasteiger partial charge in [-0.15, -0.1) is 0 Å². The van der Waals surface area contributed by atoms with Gasteiger partial charge in [0, 0.05) is 31.1 Å². The molecule has 0 aliphatic carbocycles. The maximum absolute atomic E-state index is 10.8. The van der Waals surface area contributed by atoms with Gasteiger partial charge in [-0.25, -0.2) is 0 Å². The summed E-state index contributed by atoms with van der Waals surface area (Å²) in [5.41, 5.74) is 0.170. The average Bonchev–Trinajstić information content (AvgIpc) is 2.79. The Bertz CT molecular complexity index is 389. The molecule has 1 aromatic heterocycles. The molecule has 102 valence electrons. The minimum Gasteiger partial charge on any atom is -0.385 e. The minimum atomic E-state index is -0.765. The molecule has 2 unspecified atom stereocenters. The maximum Gasteiger partial charge on any atom is 0.0973 e. The van der Waals surface area contributed by atoms with E-state index in [9.17, 15) is 5.11 Å². The van der Waals surface area contributed by atoms with E-state index in [0.717, 1.165) is 18.5 Å². The molecule has 4 nitrogen and oxygen atoms in total. The maximum atomic E-state index is 10.8. The van der Waals surface area contributed by atoms with E-state index in [1.807, 2.05) is 10.9 Å². The number of hydrogen-bond acceptors (Lipinski definition) is 3. The topological polar surface area (TPSA) is 47.3 Å². The lowest BCUT2D eigenvalue weighted by Gasteiger charge is -2.38. The van der Waals surface area contributed by atoms with E-state index >= 15 is 0 Å². The third-order valence-electron chi connectivity index (χ3n) is 3.75. The van der Waals surface area contributed by atoms with E-state index in [0.29, 0.717) is 25.4 Å². The summed E-state index contributed by atoms with van der Waals surface area (Å²) in [6.45, 7) is 7.92. The number of nitrogens with zero attached hydrogens (tertiary/aromatic N) is 2. The second-order valence-corrected chi connectivity index (χ2v) is 5.63. The Kier molecular flexibility index (Phi) is 4.07. The van der Waals surface area contributed by atoms with Crippen LogP contribution in [-0.2, 0) is 16.9 Å². The molecule has 1 aliphatic rings. The molecule has 0 bridgehead atoms. The van der Waals surface area contributed by atoms with Crippen LogP contribution in [0.3, 0.4) is 0 Å². The van der Waals surface area contributed by atoms with Gasteiger partial charge in [-0.05, 0) is 12.3 Å². The molecule has 0 amide bonds. The van der Waals surface area contributed by atoms with Crippen LogP contribution >= 0.6 is 0 Å². The number of hydrogen-bond donors (Lipinski definition) is 1. The molecule has 0 aromatic carbocycles. The Hall–Kier alpha value is -0.870. The van der Waals surface area contributed by atoms with Crippen LogP contribution in [0.2, 0.25) is 0 Å². The highest BCUT2D eigenvalue weighted by Gasteiger charge is 2.38. The average molecular weight is 252 g/mol. The zero-order valence-corrected chi connectivity index (χ0v) is 11.6. The molecule has 1 aliphatic heterocycles. The van der Waals surface area contributed by atoms with Gasteiger partial charge >= 0.3 is 0 Å². The lowest BCUT2D eigenvalue weighted by molar-refractivity contribution is -0.121. The van der Waals surface area contributed by atoms with E-state index < -0.39 is 5.60 Å². The van der Waals surface area contributed by atoms with Crippen LogP contribution in [-0.4, -0.2) is 27.6 Å². The lowest BCUT2D eigenvalue weighted by atomic mass is 9.82. The summed E-state index contributed by atoms with van der Waals surface area (Å²) in [5, 5.41) is 15.1. The van der Waals surface area contributed by atoms with Crippen molar-refractivity contribution in [3.05, 3.63) is 18.0 Å². The van der Waals surface area contributed by atoms with Gasteiger partial charge in [0.2, 0.25) is 0 Å². The van der Waals surface area contributed by atoms with Crippen molar-refractivity contribution in [2.75, 3.05) is 6.61 Å². The zero-order chi connectivity index (χ0) is 13.2. The van der Waals surface area contributed by atoms with Crippen molar-refractivity contribution in [2.24, 2.45) is 5.92 Å². The standard InChI is InChI=1S/C14H24N2O2/c1-4-6-16-10-12(9-15-16)14(17)5-7-18-13(8-14)11(2)3/h9-11,13,17H,4-8H2,1-3H3. The van der Waals surface area contributed by atoms with Crippen LogP contribution in [0.5, 0.6) is 0 Å². The van der Waals surface area contributed by atoms with Crippen molar-refractivity contribution in [2.45, 2.75) is 58.3 Å². The van der Waals surface area contributed by atoms with Crippen molar-refractivity contribution in [3.63, 3.8) is 0 Å². The number of ether oxygens (including phenoxy) is 1. The second kappa shape index (κ2) is 5.41. The molecule has 1 fully saturated rings. The summed E-state index contributed by atoms with van der Waals surface area (Å²) in [6.07, 6.45) is 6.30. The summed E-state index contributed by atoms with van der Waals surface area (Å²) in [5.74, 6) is 0.433. The first-order chi connectivity index (χ1) is 8.55. The Balaban J connectivity index is 2.13. The Labute approximate surface area is 109 Å². The molecule has 0 radical (unpaired) electrons. The smallest absolute Gasteiger partial charge is 0.0973 e. The van der Waals surface area contributed by atoms with Crippen molar-refractivity contribution in [1.29, 1.82) is 0 Å². The van der Waals surface area contributed by atoms with Gasteiger partial charge in [-0.3, -0.25) is 4.68 Å². The highest BCUT2D eigenvalue weighted by atomic mass is 16.5. The van der Waals surface area contributed by atoms with Crippen molar-refractivity contribution >= 4 is 0 Å². The molecule has 1 saturated heterocycles. The van der Waals surface area contributed by atoms with Gasteiger partial charge in [0.1, 0.15) is 0 Å². The first-order valence-electron chi connectivity index (χ1n) is 6.92. The Morgan fingerprint density at radius 1 is 1.61 bits per heavy atom. The van der Waals surface area contributed by atoms with E-state index in [1.54, 1.807) is 6.20 Å². The molecule has 4 heteroatoms. The first kappa shape index (κ1) is 13.6. The van der Waals surface area contributed by atoms with Crippen LogP contribution < -0.4 is 0 Å². The molecular weight excluding hydrogens is 228 g/mol. The molecular formula is C14H24N2O2. The molecule has 0 spiro atoms. The van der Waals surface area contributed by atoms with E-state index in [-0.39, 0.29) is 6.10 Å². The normalized spacial score (nSPS) is 28.8. The van der Waals surface area contributed by atoms with Gasteiger partial charge in [-0.1, -0.05) is 20.8 Å². The number of rotatable bonds is 4. The monoisotopic (exact) mass is 252 g/mol. The van der Waals surface area contributed by atoms with Crippen molar-refractivity contribution in [3.8, 4) is 0 Å². The molecule has 2 rings (SSSR count). The number of aryl methyl sites for hydroxylation is 1. The van der Waals surface area contributed by atoms with Gasteiger partial charge in [0.05, 0.1) is 24.5 Å². The van der Waals surface area contributed by atoms with Crippen LogP contribution in [0.15, 0.2) is 12.4 Å². The van der Waals surface area contributed by atoms with Gasteiger partial charge in [-0.2, -0.15) is 5.10 Å².